The molecule has 0 spiro atoms. The number of carbonyl (C=O) groups is 1. The van der Waals surface area contributed by atoms with Crippen molar-refractivity contribution in [3.05, 3.63) is 0 Å². The molecule has 0 aromatic carbocycles. The Morgan fingerprint density at radius 2 is 2.33 bits per heavy atom. The van der Waals surface area contributed by atoms with E-state index in [2.05, 4.69) is 17.9 Å². The molecule has 1 aliphatic carbocycles. The molecule has 1 N–H and O–H groups in total. The normalized spacial score (nSPS) is 27.7. The van der Waals surface area contributed by atoms with Crippen LogP contribution in [0.5, 0.6) is 0 Å². The number of amides is 1. The zero-order valence-electron chi connectivity index (χ0n) is 9.00. The number of thiol groups is 1. The summed E-state index contributed by atoms with van der Waals surface area (Å²) in [5.74, 6) is 0.998. The van der Waals surface area contributed by atoms with Crippen LogP contribution in [0.25, 0.3) is 0 Å². The zero-order valence-corrected chi connectivity index (χ0v) is 9.89. The summed E-state index contributed by atoms with van der Waals surface area (Å²) >= 11 is 4.29. The van der Waals surface area contributed by atoms with Gasteiger partial charge in [0.15, 0.2) is 0 Å². The van der Waals surface area contributed by atoms with Crippen molar-refractivity contribution in [3.63, 3.8) is 0 Å². The second kappa shape index (κ2) is 4.74. The van der Waals surface area contributed by atoms with Gasteiger partial charge in [0.2, 0.25) is 5.91 Å². The summed E-state index contributed by atoms with van der Waals surface area (Å²) in [7, 11) is 0. The van der Waals surface area contributed by atoms with Gasteiger partial charge in [-0.3, -0.25) is 4.79 Å². The van der Waals surface area contributed by atoms with Crippen molar-refractivity contribution in [2.75, 3.05) is 18.9 Å². The average molecular weight is 229 g/mol. The van der Waals surface area contributed by atoms with Crippen LogP contribution in [0.4, 0.5) is 0 Å². The van der Waals surface area contributed by atoms with E-state index in [9.17, 15) is 4.79 Å². The third kappa shape index (κ3) is 3.11. The first-order chi connectivity index (χ1) is 7.24. The molecule has 1 heterocycles. The number of hydrogen-bond acceptors (Lipinski definition) is 3. The highest BCUT2D eigenvalue weighted by atomic mass is 32.1. The van der Waals surface area contributed by atoms with Gasteiger partial charge in [-0.15, -0.1) is 0 Å². The molecule has 1 atom stereocenters. The Labute approximate surface area is 96.4 Å². The Kier molecular flexibility index (Phi) is 3.57. The summed E-state index contributed by atoms with van der Waals surface area (Å²) in [6, 6.07) is 0. The van der Waals surface area contributed by atoms with Gasteiger partial charge in [0.25, 0.3) is 0 Å². The van der Waals surface area contributed by atoms with Crippen molar-refractivity contribution in [1.29, 1.82) is 0 Å². The van der Waals surface area contributed by atoms with Crippen LogP contribution in [-0.2, 0) is 9.53 Å². The van der Waals surface area contributed by atoms with E-state index in [1.165, 1.54) is 0 Å². The molecule has 2 rings (SSSR count). The lowest BCUT2D eigenvalue weighted by Crippen LogP contribution is -2.33. The van der Waals surface area contributed by atoms with Crippen molar-refractivity contribution in [2.45, 2.75) is 38.2 Å². The maximum absolute atomic E-state index is 11.6. The SMILES string of the molecule is O=C(CC1(CS)CC1)NCC1CCCO1. The molecule has 0 aromatic rings. The zero-order chi connectivity index (χ0) is 10.7. The number of nitrogens with one attached hydrogen (secondary N) is 1. The first-order valence-corrected chi connectivity index (χ1v) is 6.37. The molecule has 1 saturated carbocycles. The summed E-state index contributed by atoms with van der Waals surface area (Å²) in [5.41, 5.74) is 0.226. The lowest BCUT2D eigenvalue weighted by atomic mass is 10.1. The van der Waals surface area contributed by atoms with Crippen LogP contribution in [0.2, 0.25) is 0 Å². The molecule has 4 heteroatoms. The van der Waals surface area contributed by atoms with Crippen LogP contribution in [0.3, 0.4) is 0 Å². The van der Waals surface area contributed by atoms with Gasteiger partial charge >= 0.3 is 0 Å². The minimum absolute atomic E-state index is 0.164. The van der Waals surface area contributed by atoms with E-state index in [0.29, 0.717) is 13.0 Å². The van der Waals surface area contributed by atoms with E-state index < -0.39 is 0 Å². The molecule has 1 saturated heterocycles. The summed E-state index contributed by atoms with van der Waals surface area (Å²) < 4.78 is 5.45. The van der Waals surface area contributed by atoms with Gasteiger partial charge in [0.05, 0.1) is 6.10 Å². The maximum Gasteiger partial charge on any atom is 0.220 e. The fourth-order valence-electron chi connectivity index (χ4n) is 2.00. The summed E-state index contributed by atoms with van der Waals surface area (Å²) in [6.07, 6.45) is 5.41. The van der Waals surface area contributed by atoms with E-state index >= 15 is 0 Å². The molecule has 0 aromatic heterocycles. The van der Waals surface area contributed by atoms with Crippen LogP contribution < -0.4 is 5.32 Å². The van der Waals surface area contributed by atoms with Crippen LogP contribution in [0, 0.1) is 5.41 Å². The van der Waals surface area contributed by atoms with E-state index in [4.69, 9.17) is 4.74 Å². The molecule has 86 valence electrons. The highest BCUT2D eigenvalue weighted by Gasteiger charge is 2.42. The van der Waals surface area contributed by atoms with E-state index in [1.807, 2.05) is 0 Å². The van der Waals surface area contributed by atoms with E-state index in [0.717, 1.165) is 38.0 Å². The summed E-state index contributed by atoms with van der Waals surface area (Å²) in [5, 5.41) is 2.96. The van der Waals surface area contributed by atoms with Crippen LogP contribution >= 0.6 is 12.6 Å². The number of hydrogen-bond donors (Lipinski definition) is 2. The van der Waals surface area contributed by atoms with Crippen molar-refractivity contribution in [3.8, 4) is 0 Å². The van der Waals surface area contributed by atoms with Gasteiger partial charge in [-0.25, -0.2) is 0 Å². The Balaban J connectivity index is 1.64. The number of carbonyl (C=O) groups excluding carboxylic acids is 1. The van der Waals surface area contributed by atoms with Crippen LogP contribution in [0.1, 0.15) is 32.1 Å². The second-order valence-electron chi connectivity index (χ2n) is 4.77. The average Bonchev–Trinajstić information content (AvgIpc) is 2.80. The molecular weight excluding hydrogens is 210 g/mol. The molecule has 1 unspecified atom stereocenters. The third-order valence-corrected chi connectivity index (χ3v) is 4.05. The molecule has 15 heavy (non-hydrogen) atoms. The minimum atomic E-state index is 0.164. The predicted octanol–water partition coefficient (Wildman–Crippen LogP) is 1.38. The Bertz CT molecular complexity index is 235. The second-order valence-corrected chi connectivity index (χ2v) is 5.09. The van der Waals surface area contributed by atoms with E-state index in [1.54, 1.807) is 0 Å². The smallest absolute Gasteiger partial charge is 0.220 e. The maximum atomic E-state index is 11.6. The number of rotatable bonds is 5. The fourth-order valence-corrected chi connectivity index (χ4v) is 2.43. The molecule has 1 aliphatic heterocycles. The third-order valence-electron chi connectivity index (χ3n) is 3.38. The topological polar surface area (TPSA) is 38.3 Å². The van der Waals surface area contributed by atoms with E-state index in [-0.39, 0.29) is 17.4 Å². The van der Waals surface area contributed by atoms with Crippen LogP contribution in [-0.4, -0.2) is 30.9 Å². The van der Waals surface area contributed by atoms with Gasteiger partial charge in [-0.1, -0.05) is 0 Å². The van der Waals surface area contributed by atoms with Crippen LogP contribution in [0.15, 0.2) is 0 Å². The summed E-state index contributed by atoms with van der Waals surface area (Å²) in [4.78, 5) is 11.6. The van der Waals surface area contributed by atoms with Gasteiger partial charge < -0.3 is 10.1 Å². The quantitative estimate of drug-likeness (QED) is 0.699. The lowest BCUT2D eigenvalue weighted by Gasteiger charge is -2.14. The van der Waals surface area contributed by atoms with Gasteiger partial charge in [0, 0.05) is 19.6 Å². The summed E-state index contributed by atoms with van der Waals surface area (Å²) in [6.45, 7) is 1.53. The number of ether oxygens (including phenoxy) is 1. The Morgan fingerprint density at radius 1 is 1.53 bits per heavy atom. The Morgan fingerprint density at radius 3 is 2.87 bits per heavy atom. The van der Waals surface area contributed by atoms with Crippen molar-refractivity contribution < 1.29 is 9.53 Å². The van der Waals surface area contributed by atoms with Crippen molar-refractivity contribution in [2.24, 2.45) is 5.41 Å². The fraction of sp³-hybridized carbons (Fsp3) is 0.909. The molecular formula is C11H19NO2S. The molecule has 3 nitrogen and oxygen atoms in total. The van der Waals surface area contributed by atoms with Gasteiger partial charge in [-0.05, 0) is 36.9 Å². The largest absolute Gasteiger partial charge is 0.376 e. The standard InChI is InChI=1S/C11H19NO2S/c13-10(6-11(8-15)3-4-11)12-7-9-2-1-5-14-9/h9,15H,1-8H2,(H,12,13). The molecule has 0 radical (unpaired) electrons. The highest BCUT2D eigenvalue weighted by Crippen LogP contribution is 2.49. The van der Waals surface area contributed by atoms with Crippen molar-refractivity contribution >= 4 is 18.5 Å². The molecule has 0 bridgehead atoms. The van der Waals surface area contributed by atoms with Gasteiger partial charge in [0.1, 0.15) is 0 Å². The Hall–Kier alpha value is -0.220. The predicted molar refractivity (Wildman–Crippen MR) is 62.1 cm³/mol. The van der Waals surface area contributed by atoms with Gasteiger partial charge in [-0.2, -0.15) is 12.6 Å². The monoisotopic (exact) mass is 229 g/mol. The molecule has 2 aliphatic rings. The minimum Gasteiger partial charge on any atom is -0.376 e. The first kappa shape index (κ1) is 11.3. The van der Waals surface area contributed by atoms with Crippen molar-refractivity contribution in [1.82, 2.24) is 5.32 Å². The highest BCUT2D eigenvalue weighted by molar-refractivity contribution is 7.80. The first-order valence-electron chi connectivity index (χ1n) is 5.73. The molecule has 2 fully saturated rings. The molecule has 1 amide bonds. The lowest BCUT2D eigenvalue weighted by molar-refractivity contribution is -0.122.